The minimum absolute atomic E-state index is 0.0154. The summed E-state index contributed by atoms with van der Waals surface area (Å²) in [5.74, 6) is 3.81. The number of methoxy groups -OCH3 is 1. The Labute approximate surface area is 256 Å². The standard InChI is InChI=1S/C37H59NO4/c1-25-20-34-35(38(24-25)16-19-41-18-9-7-6-8-17-40-5)27(3)37(42-34)15-13-30-31-11-10-28-21-29(39)12-14-36(28,4)33(31)22-32(30)26(2)23-37/h21,25,27,30-31,33-35H,6-20,22-24H2,1-5H3/t25-,27+,30-,31-,33-,34+,35-,36-,37-/m0/s1. The highest BCUT2D eigenvalue weighted by atomic mass is 16.5. The number of fused-ring (bicyclic) bond motifs is 6. The Hall–Kier alpha value is -1.01. The summed E-state index contributed by atoms with van der Waals surface area (Å²) >= 11 is 0. The molecule has 0 unspecified atom stereocenters. The van der Waals surface area contributed by atoms with Crippen LogP contribution in [0.1, 0.15) is 111 Å². The first-order valence-corrected chi connectivity index (χ1v) is 17.7. The summed E-state index contributed by atoms with van der Waals surface area (Å²) in [5.41, 5.74) is 5.13. The molecule has 1 spiro atoms. The molecule has 0 amide bonds. The normalized spacial score (nSPS) is 41.8. The summed E-state index contributed by atoms with van der Waals surface area (Å²) in [6.45, 7) is 14.7. The predicted octanol–water partition coefficient (Wildman–Crippen LogP) is 7.54. The van der Waals surface area contributed by atoms with Crippen molar-refractivity contribution in [1.29, 1.82) is 0 Å². The maximum Gasteiger partial charge on any atom is 0.155 e. The molecule has 0 aromatic heterocycles. The van der Waals surface area contributed by atoms with Crippen LogP contribution in [0.3, 0.4) is 0 Å². The third-order valence-corrected chi connectivity index (χ3v) is 13.1. The van der Waals surface area contributed by atoms with Gasteiger partial charge in [0.15, 0.2) is 5.78 Å². The van der Waals surface area contributed by atoms with Crippen LogP contribution in [0.4, 0.5) is 0 Å². The molecular weight excluding hydrogens is 522 g/mol. The Kier molecular flexibility index (Phi) is 9.43. The topological polar surface area (TPSA) is 48.0 Å². The molecule has 6 aliphatic rings. The molecule has 4 aliphatic carbocycles. The molecule has 2 heterocycles. The van der Waals surface area contributed by atoms with Crippen molar-refractivity contribution >= 4 is 5.78 Å². The lowest BCUT2D eigenvalue weighted by atomic mass is 9.56. The zero-order valence-electron chi connectivity index (χ0n) is 27.4. The number of ether oxygens (including phenoxy) is 3. The van der Waals surface area contributed by atoms with Crippen molar-refractivity contribution < 1.29 is 19.0 Å². The number of hydrogen-bond acceptors (Lipinski definition) is 5. The lowest BCUT2D eigenvalue weighted by Crippen LogP contribution is -2.52. The summed E-state index contributed by atoms with van der Waals surface area (Å²) in [7, 11) is 1.78. The van der Waals surface area contributed by atoms with Crippen molar-refractivity contribution in [3.05, 3.63) is 22.8 Å². The number of nitrogens with zero attached hydrogens (tertiary/aromatic N) is 1. The Bertz CT molecular complexity index is 1050. The van der Waals surface area contributed by atoms with E-state index in [9.17, 15) is 4.79 Å². The van der Waals surface area contributed by atoms with Crippen LogP contribution in [-0.2, 0) is 19.0 Å². The van der Waals surface area contributed by atoms with E-state index in [2.05, 4.69) is 32.6 Å². The summed E-state index contributed by atoms with van der Waals surface area (Å²) in [6, 6.07) is 0.517. The number of likely N-dealkylation sites (tertiary alicyclic amines) is 1. The number of rotatable bonds is 10. The van der Waals surface area contributed by atoms with Crippen LogP contribution in [0.25, 0.3) is 0 Å². The monoisotopic (exact) mass is 581 g/mol. The van der Waals surface area contributed by atoms with E-state index in [1.54, 1.807) is 18.3 Å². The van der Waals surface area contributed by atoms with Gasteiger partial charge in [-0.15, -0.1) is 0 Å². The maximum atomic E-state index is 12.3. The summed E-state index contributed by atoms with van der Waals surface area (Å²) in [4.78, 5) is 15.0. The second-order valence-electron chi connectivity index (χ2n) is 15.5. The number of ketones is 1. The van der Waals surface area contributed by atoms with Crippen LogP contribution in [0.15, 0.2) is 22.8 Å². The molecule has 0 bridgehead atoms. The summed E-state index contributed by atoms with van der Waals surface area (Å²) < 4.78 is 18.6. The molecule has 5 nitrogen and oxygen atoms in total. The Morgan fingerprint density at radius 2 is 1.86 bits per heavy atom. The lowest BCUT2D eigenvalue weighted by molar-refractivity contribution is -0.116. The van der Waals surface area contributed by atoms with Gasteiger partial charge in [0.05, 0.1) is 18.3 Å². The average Bonchev–Trinajstić information content (AvgIpc) is 3.42. The first kappa shape index (κ1) is 31.0. The molecule has 42 heavy (non-hydrogen) atoms. The Balaban J connectivity index is 1.10. The molecule has 0 radical (unpaired) electrons. The molecule has 0 N–H and O–H groups in total. The van der Waals surface area contributed by atoms with Gasteiger partial charge in [-0.05, 0) is 106 Å². The zero-order chi connectivity index (χ0) is 29.5. The molecule has 0 aromatic carbocycles. The number of allylic oxidation sites excluding steroid dienone is 3. The van der Waals surface area contributed by atoms with E-state index in [-0.39, 0.29) is 11.0 Å². The number of carbonyl (C=O) groups is 1. The summed E-state index contributed by atoms with van der Waals surface area (Å²) in [6.07, 6.45) is 17.5. The fraction of sp³-hybridized carbons (Fsp3) is 0.865. The van der Waals surface area contributed by atoms with Crippen LogP contribution in [-0.4, -0.2) is 68.4 Å². The van der Waals surface area contributed by atoms with Gasteiger partial charge in [-0.1, -0.05) is 50.3 Å². The second kappa shape index (κ2) is 12.8. The Morgan fingerprint density at radius 1 is 1.05 bits per heavy atom. The van der Waals surface area contributed by atoms with Crippen LogP contribution < -0.4 is 0 Å². The van der Waals surface area contributed by atoms with Crippen LogP contribution >= 0.6 is 0 Å². The van der Waals surface area contributed by atoms with Crippen molar-refractivity contribution in [2.45, 2.75) is 129 Å². The summed E-state index contributed by atoms with van der Waals surface area (Å²) in [5, 5.41) is 0. The number of carbonyl (C=O) groups excluding carboxylic acids is 1. The molecule has 5 heteroatoms. The fourth-order valence-corrected chi connectivity index (χ4v) is 10.8. The third-order valence-electron chi connectivity index (χ3n) is 13.1. The third kappa shape index (κ3) is 5.74. The van der Waals surface area contributed by atoms with Crippen molar-refractivity contribution in [1.82, 2.24) is 4.90 Å². The van der Waals surface area contributed by atoms with Crippen LogP contribution in [0, 0.1) is 35.0 Å². The van der Waals surface area contributed by atoms with E-state index in [1.807, 2.05) is 6.08 Å². The van der Waals surface area contributed by atoms with E-state index in [0.717, 1.165) is 82.6 Å². The van der Waals surface area contributed by atoms with Crippen molar-refractivity contribution in [2.75, 3.05) is 40.0 Å². The second-order valence-corrected chi connectivity index (χ2v) is 15.5. The molecule has 4 fully saturated rings. The van der Waals surface area contributed by atoms with Gasteiger partial charge < -0.3 is 14.2 Å². The van der Waals surface area contributed by atoms with Crippen LogP contribution in [0.2, 0.25) is 0 Å². The smallest absolute Gasteiger partial charge is 0.155 e. The minimum atomic E-state index is -0.0154. The highest BCUT2D eigenvalue weighted by Gasteiger charge is 2.59. The van der Waals surface area contributed by atoms with E-state index in [4.69, 9.17) is 14.2 Å². The largest absolute Gasteiger partial charge is 0.385 e. The maximum absolute atomic E-state index is 12.3. The molecule has 236 valence electrons. The van der Waals surface area contributed by atoms with E-state index >= 15 is 0 Å². The molecule has 9 atom stereocenters. The lowest BCUT2D eigenvalue weighted by Gasteiger charge is -2.48. The van der Waals surface area contributed by atoms with Crippen molar-refractivity contribution in [2.24, 2.45) is 35.0 Å². The van der Waals surface area contributed by atoms with Gasteiger partial charge in [0.1, 0.15) is 0 Å². The molecule has 2 saturated carbocycles. The zero-order valence-corrected chi connectivity index (χ0v) is 27.4. The van der Waals surface area contributed by atoms with Gasteiger partial charge >= 0.3 is 0 Å². The first-order valence-electron chi connectivity index (χ1n) is 17.7. The van der Waals surface area contributed by atoms with E-state index in [0.29, 0.717) is 29.8 Å². The average molecular weight is 582 g/mol. The number of piperidine rings is 1. The molecule has 2 aliphatic heterocycles. The Morgan fingerprint density at radius 3 is 2.67 bits per heavy atom. The molecule has 2 saturated heterocycles. The first-order chi connectivity index (χ1) is 20.3. The molecule has 6 rings (SSSR count). The van der Waals surface area contributed by atoms with E-state index in [1.165, 1.54) is 57.1 Å². The van der Waals surface area contributed by atoms with Crippen molar-refractivity contribution in [3.63, 3.8) is 0 Å². The van der Waals surface area contributed by atoms with Gasteiger partial charge in [0, 0.05) is 51.8 Å². The van der Waals surface area contributed by atoms with Gasteiger partial charge in [-0.3, -0.25) is 9.69 Å². The number of hydrogen-bond donors (Lipinski definition) is 0. The molecule has 0 aromatic rings. The number of unbranched alkanes of at least 4 members (excludes halogenated alkanes) is 3. The van der Waals surface area contributed by atoms with Crippen molar-refractivity contribution in [3.8, 4) is 0 Å². The van der Waals surface area contributed by atoms with E-state index < -0.39 is 0 Å². The predicted molar refractivity (Wildman–Crippen MR) is 168 cm³/mol. The van der Waals surface area contributed by atoms with Crippen LogP contribution in [0.5, 0.6) is 0 Å². The van der Waals surface area contributed by atoms with Gasteiger partial charge in [0.25, 0.3) is 0 Å². The SMILES string of the molecule is COCCCCCCOCCN1C[C@@H](C)C[C@H]2O[C@]3(CC[C@@H]4C(=C(C)C3)C[C@H]3[C@H]4CCC4=CC(=O)CC[C@@]43C)[C@H](C)[C@@H]21. The quantitative estimate of drug-likeness (QED) is 0.197. The minimum Gasteiger partial charge on any atom is -0.385 e. The molecular formula is C37H59NO4. The van der Waals surface area contributed by atoms with Gasteiger partial charge in [-0.25, -0.2) is 0 Å². The van der Waals surface area contributed by atoms with Gasteiger partial charge in [0.2, 0.25) is 0 Å². The van der Waals surface area contributed by atoms with Gasteiger partial charge in [-0.2, -0.15) is 0 Å². The highest BCUT2D eigenvalue weighted by molar-refractivity contribution is 5.91. The fourth-order valence-electron chi connectivity index (χ4n) is 10.8. The highest BCUT2D eigenvalue weighted by Crippen LogP contribution is 2.64.